The smallest absolute Gasteiger partial charge is 0.263 e. The average molecular weight is 450 g/mol. The van der Waals surface area contributed by atoms with Crippen molar-refractivity contribution in [1.82, 2.24) is 14.5 Å². The molecule has 5 aromatic rings. The maximum Gasteiger partial charge on any atom is 0.263 e. The van der Waals surface area contributed by atoms with Gasteiger partial charge in [0.25, 0.3) is 5.56 Å². The lowest BCUT2D eigenvalue weighted by Gasteiger charge is -2.12. The first-order valence-corrected chi connectivity index (χ1v) is 12.1. The molecule has 0 fully saturated rings. The fourth-order valence-electron chi connectivity index (χ4n) is 4.14. The highest BCUT2D eigenvalue weighted by atomic mass is 32.2. The monoisotopic (exact) mass is 449 g/mol. The highest BCUT2D eigenvalue weighted by Gasteiger charge is 2.23. The fourth-order valence-corrected chi connectivity index (χ4v) is 6.28. The van der Waals surface area contributed by atoms with Crippen molar-refractivity contribution in [3.63, 3.8) is 0 Å². The third-order valence-electron chi connectivity index (χ3n) is 5.60. The van der Waals surface area contributed by atoms with Gasteiger partial charge in [-0.25, -0.2) is 9.97 Å². The molecule has 4 aromatic heterocycles. The Morgan fingerprint density at radius 2 is 2.00 bits per heavy atom. The first-order valence-electron chi connectivity index (χ1n) is 10.3. The van der Waals surface area contributed by atoms with Gasteiger partial charge in [-0.05, 0) is 55.5 Å². The lowest BCUT2D eigenvalue weighted by Crippen LogP contribution is -2.24. The third kappa shape index (κ3) is 3.40. The van der Waals surface area contributed by atoms with Gasteiger partial charge >= 0.3 is 0 Å². The summed E-state index contributed by atoms with van der Waals surface area (Å²) in [5.74, 6) is 1.85. The normalized spacial score (nSPS) is 13.8. The Morgan fingerprint density at radius 1 is 1.10 bits per heavy atom. The lowest BCUT2D eigenvalue weighted by atomic mass is 9.97. The summed E-state index contributed by atoms with van der Waals surface area (Å²) in [6.07, 6.45) is 5.94. The number of furan rings is 1. The standard InChI is InChI=1S/C23H19N3O3S2/c27-22-20-15-7-1-4-10-18(15)31-21(20)25-23(26(22)12-14-6-5-11-28-14)30-13-19-24-16-8-2-3-9-17(16)29-19/h2-3,5-6,8-9,11H,1,4,7,10,12-13H2. The quantitative estimate of drug-likeness (QED) is 0.264. The predicted octanol–water partition coefficient (Wildman–Crippen LogP) is 5.41. The molecule has 1 aliphatic rings. The molecule has 0 amide bonds. The topological polar surface area (TPSA) is 74.1 Å². The van der Waals surface area contributed by atoms with E-state index in [1.54, 1.807) is 22.2 Å². The van der Waals surface area contributed by atoms with Crippen LogP contribution in [-0.4, -0.2) is 14.5 Å². The number of nitrogens with zero attached hydrogens (tertiary/aromatic N) is 3. The van der Waals surface area contributed by atoms with Gasteiger partial charge in [0.1, 0.15) is 16.1 Å². The van der Waals surface area contributed by atoms with Crippen molar-refractivity contribution >= 4 is 44.4 Å². The number of oxazole rings is 1. The SMILES string of the molecule is O=c1c2c3c(sc2nc(SCc2nc4ccccc4o2)n1Cc1ccco1)CCCC3. The third-order valence-corrected chi connectivity index (χ3v) is 7.74. The van der Waals surface area contributed by atoms with Crippen molar-refractivity contribution in [2.45, 2.75) is 43.1 Å². The number of para-hydroxylation sites is 2. The Hall–Kier alpha value is -2.84. The Kier molecular flexibility index (Phi) is 4.69. The Labute approximate surface area is 185 Å². The number of thiophene rings is 1. The second-order valence-electron chi connectivity index (χ2n) is 7.62. The van der Waals surface area contributed by atoms with Crippen molar-refractivity contribution in [3.8, 4) is 0 Å². The zero-order valence-electron chi connectivity index (χ0n) is 16.7. The molecule has 0 N–H and O–H groups in total. The molecular weight excluding hydrogens is 430 g/mol. The molecule has 0 aliphatic heterocycles. The fraction of sp³-hybridized carbons (Fsp3) is 0.261. The van der Waals surface area contributed by atoms with Gasteiger partial charge in [0.2, 0.25) is 5.89 Å². The molecule has 0 bridgehead atoms. The van der Waals surface area contributed by atoms with E-state index in [1.165, 1.54) is 28.6 Å². The van der Waals surface area contributed by atoms with E-state index in [1.807, 2.05) is 36.4 Å². The van der Waals surface area contributed by atoms with E-state index in [9.17, 15) is 4.79 Å². The molecule has 6 rings (SSSR count). The van der Waals surface area contributed by atoms with Crippen LogP contribution in [0.3, 0.4) is 0 Å². The van der Waals surface area contributed by atoms with Gasteiger partial charge in [-0.2, -0.15) is 0 Å². The van der Waals surface area contributed by atoms with Gasteiger partial charge in [0.15, 0.2) is 10.7 Å². The number of hydrogen-bond donors (Lipinski definition) is 0. The average Bonchev–Trinajstić information content (AvgIpc) is 3.52. The molecule has 1 aromatic carbocycles. The molecule has 0 radical (unpaired) electrons. The largest absolute Gasteiger partial charge is 0.467 e. The molecule has 0 saturated heterocycles. The van der Waals surface area contributed by atoms with Crippen LogP contribution < -0.4 is 5.56 Å². The van der Waals surface area contributed by atoms with Crippen molar-refractivity contribution in [3.05, 3.63) is 75.1 Å². The minimum atomic E-state index is 0.0147. The Bertz CT molecular complexity index is 1410. The van der Waals surface area contributed by atoms with Gasteiger partial charge in [-0.3, -0.25) is 9.36 Å². The van der Waals surface area contributed by atoms with Crippen LogP contribution in [0.25, 0.3) is 21.3 Å². The maximum absolute atomic E-state index is 13.6. The van der Waals surface area contributed by atoms with Crippen molar-refractivity contribution in [2.75, 3.05) is 0 Å². The zero-order valence-corrected chi connectivity index (χ0v) is 18.3. The van der Waals surface area contributed by atoms with Crippen molar-refractivity contribution < 1.29 is 8.83 Å². The van der Waals surface area contributed by atoms with Crippen LogP contribution in [0.1, 0.15) is 34.9 Å². The second-order valence-corrected chi connectivity index (χ2v) is 9.65. The number of benzene rings is 1. The molecule has 4 heterocycles. The zero-order chi connectivity index (χ0) is 20.8. The van der Waals surface area contributed by atoms with E-state index in [0.29, 0.717) is 23.3 Å². The Balaban J connectivity index is 1.42. The van der Waals surface area contributed by atoms with Gasteiger partial charge in [-0.15, -0.1) is 11.3 Å². The summed E-state index contributed by atoms with van der Waals surface area (Å²) in [7, 11) is 0. The van der Waals surface area contributed by atoms with Crippen LogP contribution >= 0.6 is 23.1 Å². The molecule has 0 atom stereocenters. The number of aryl methyl sites for hydroxylation is 2. The van der Waals surface area contributed by atoms with Crippen LogP contribution in [0, 0.1) is 0 Å². The highest BCUT2D eigenvalue weighted by molar-refractivity contribution is 7.98. The van der Waals surface area contributed by atoms with Crippen LogP contribution in [0.4, 0.5) is 0 Å². The van der Waals surface area contributed by atoms with Crippen molar-refractivity contribution in [2.24, 2.45) is 0 Å². The summed E-state index contributed by atoms with van der Waals surface area (Å²) in [4.78, 5) is 25.2. The molecule has 1 aliphatic carbocycles. The predicted molar refractivity (Wildman–Crippen MR) is 122 cm³/mol. The summed E-state index contributed by atoms with van der Waals surface area (Å²) in [5.41, 5.74) is 2.81. The highest BCUT2D eigenvalue weighted by Crippen LogP contribution is 2.35. The van der Waals surface area contributed by atoms with Crippen LogP contribution in [-0.2, 0) is 25.1 Å². The molecule has 0 saturated carbocycles. The maximum atomic E-state index is 13.6. The molecule has 8 heteroatoms. The molecular formula is C23H19N3O3S2. The van der Waals surface area contributed by atoms with E-state index in [0.717, 1.165) is 46.3 Å². The van der Waals surface area contributed by atoms with Gasteiger partial charge in [-0.1, -0.05) is 23.9 Å². The second kappa shape index (κ2) is 7.69. The van der Waals surface area contributed by atoms with Gasteiger partial charge in [0, 0.05) is 4.88 Å². The van der Waals surface area contributed by atoms with Crippen LogP contribution in [0.15, 0.2) is 61.4 Å². The Morgan fingerprint density at radius 3 is 2.87 bits per heavy atom. The minimum absolute atomic E-state index is 0.0147. The molecule has 156 valence electrons. The van der Waals surface area contributed by atoms with Crippen LogP contribution in [0.5, 0.6) is 0 Å². The number of thioether (sulfide) groups is 1. The number of rotatable bonds is 5. The molecule has 6 nitrogen and oxygen atoms in total. The van der Waals surface area contributed by atoms with E-state index in [4.69, 9.17) is 13.8 Å². The summed E-state index contributed by atoms with van der Waals surface area (Å²) in [5, 5.41) is 1.45. The van der Waals surface area contributed by atoms with E-state index in [-0.39, 0.29) is 5.56 Å². The van der Waals surface area contributed by atoms with Gasteiger partial charge < -0.3 is 8.83 Å². The van der Waals surface area contributed by atoms with Crippen molar-refractivity contribution in [1.29, 1.82) is 0 Å². The number of hydrogen-bond acceptors (Lipinski definition) is 7. The summed E-state index contributed by atoms with van der Waals surface area (Å²) < 4.78 is 13.1. The first kappa shape index (κ1) is 18.9. The summed E-state index contributed by atoms with van der Waals surface area (Å²) in [6.45, 7) is 0.356. The summed E-state index contributed by atoms with van der Waals surface area (Å²) >= 11 is 3.14. The van der Waals surface area contributed by atoms with E-state index < -0.39 is 0 Å². The molecule has 31 heavy (non-hydrogen) atoms. The number of aromatic nitrogens is 3. The van der Waals surface area contributed by atoms with E-state index in [2.05, 4.69) is 4.98 Å². The first-order chi connectivity index (χ1) is 15.3. The molecule has 0 spiro atoms. The summed E-state index contributed by atoms with van der Waals surface area (Å²) in [6, 6.07) is 11.4. The van der Waals surface area contributed by atoms with Crippen LogP contribution in [0.2, 0.25) is 0 Å². The van der Waals surface area contributed by atoms with Gasteiger partial charge in [0.05, 0.1) is 23.9 Å². The minimum Gasteiger partial charge on any atom is -0.467 e. The van der Waals surface area contributed by atoms with E-state index >= 15 is 0 Å². The molecule has 0 unspecified atom stereocenters. The lowest BCUT2D eigenvalue weighted by molar-refractivity contribution is 0.476. The number of fused-ring (bicyclic) bond motifs is 4.